The van der Waals surface area contributed by atoms with Gasteiger partial charge in [0.15, 0.2) is 0 Å². The van der Waals surface area contributed by atoms with E-state index in [1.807, 2.05) is 0 Å². The number of benzene rings is 1. The van der Waals surface area contributed by atoms with Gasteiger partial charge in [0.1, 0.15) is 0 Å². The molecule has 1 fully saturated rings. The summed E-state index contributed by atoms with van der Waals surface area (Å²) in [5.41, 5.74) is 2.46. The Labute approximate surface area is 122 Å². The molecule has 2 atom stereocenters. The highest BCUT2D eigenvalue weighted by Gasteiger charge is 2.50. The van der Waals surface area contributed by atoms with Crippen LogP contribution < -0.4 is 0 Å². The van der Waals surface area contributed by atoms with Gasteiger partial charge in [-0.3, -0.25) is 0 Å². The van der Waals surface area contributed by atoms with Crippen LogP contribution in [0.15, 0.2) is 24.3 Å². The van der Waals surface area contributed by atoms with E-state index in [1.54, 1.807) is 0 Å². The minimum absolute atomic E-state index is 0.124. The molecule has 1 aliphatic carbocycles. The molecular formula is C18H26O2. The van der Waals surface area contributed by atoms with Crippen molar-refractivity contribution >= 4 is 0 Å². The SMILES string of the molecule is CC1(C)CC(C(O)C2Cc3ccccc3C2)C(C)(C)O1. The Bertz CT molecular complexity index is 479. The van der Waals surface area contributed by atoms with Crippen molar-refractivity contribution in [3.05, 3.63) is 35.4 Å². The van der Waals surface area contributed by atoms with Crippen LogP contribution in [0.5, 0.6) is 0 Å². The summed E-state index contributed by atoms with van der Waals surface area (Å²) in [5.74, 6) is 0.561. The first kappa shape index (κ1) is 14.1. The van der Waals surface area contributed by atoms with E-state index in [0.717, 1.165) is 19.3 Å². The first-order chi connectivity index (χ1) is 9.28. The van der Waals surface area contributed by atoms with E-state index in [9.17, 15) is 5.11 Å². The van der Waals surface area contributed by atoms with Crippen molar-refractivity contribution in [2.45, 2.75) is 64.3 Å². The summed E-state index contributed by atoms with van der Waals surface area (Å²) < 4.78 is 6.15. The largest absolute Gasteiger partial charge is 0.392 e. The van der Waals surface area contributed by atoms with Gasteiger partial charge in [0, 0.05) is 5.92 Å². The van der Waals surface area contributed by atoms with E-state index in [2.05, 4.69) is 52.0 Å². The Hall–Kier alpha value is -0.860. The van der Waals surface area contributed by atoms with Gasteiger partial charge in [-0.1, -0.05) is 24.3 Å². The van der Waals surface area contributed by atoms with Crippen LogP contribution in [0.4, 0.5) is 0 Å². The van der Waals surface area contributed by atoms with Gasteiger partial charge in [-0.15, -0.1) is 0 Å². The van der Waals surface area contributed by atoms with Crippen LogP contribution in [0.1, 0.15) is 45.2 Å². The van der Waals surface area contributed by atoms with Crippen LogP contribution >= 0.6 is 0 Å². The molecule has 0 amide bonds. The average Bonchev–Trinajstić information content (AvgIpc) is 2.85. The van der Waals surface area contributed by atoms with Gasteiger partial charge in [-0.05, 0) is 64.0 Å². The minimum Gasteiger partial charge on any atom is -0.392 e. The number of aliphatic hydroxyl groups excluding tert-OH is 1. The maximum Gasteiger partial charge on any atom is 0.0687 e. The molecule has 3 rings (SSSR count). The van der Waals surface area contributed by atoms with Gasteiger partial charge < -0.3 is 9.84 Å². The van der Waals surface area contributed by atoms with Crippen molar-refractivity contribution in [3.63, 3.8) is 0 Å². The highest BCUT2D eigenvalue weighted by molar-refractivity contribution is 5.32. The number of aliphatic hydroxyl groups is 1. The molecule has 0 saturated carbocycles. The lowest BCUT2D eigenvalue weighted by atomic mass is 9.77. The molecule has 1 heterocycles. The predicted octanol–water partition coefficient (Wildman–Crippen LogP) is 3.36. The molecule has 2 unspecified atom stereocenters. The Balaban J connectivity index is 1.77. The van der Waals surface area contributed by atoms with Crippen LogP contribution in [0, 0.1) is 11.8 Å². The van der Waals surface area contributed by atoms with E-state index < -0.39 is 0 Å². The fourth-order valence-corrected chi connectivity index (χ4v) is 4.30. The fourth-order valence-electron chi connectivity index (χ4n) is 4.30. The van der Waals surface area contributed by atoms with Crippen LogP contribution in [0.3, 0.4) is 0 Å². The maximum atomic E-state index is 10.9. The molecule has 0 aromatic heterocycles. The predicted molar refractivity (Wildman–Crippen MR) is 80.7 cm³/mol. The summed E-state index contributed by atoms with van der Waals surface area (Å²) >= 11 is 0. The molecule has 1 aromatic rings. The molecule has 1 saturated heterocycles. The zero-order chi connectivity index (χ0) is 14.5. The molecule has 1 N–H and O–H groups in total. The third-order valence-corrected chi connectivity index (χ3v) is 5.12. The molecule has 1 aromatic carbocycles. The van der Waals surface area contributed by atoms with Crippen molar-refractivity contribution < 1.29 is 9.84 Å². The third kappa shape index (κ3) is 2.40. The first-order valence-electron chi connectivity index (χ1n) is 7.73. The van der Waals surface area contributed by atoms with Gasteiger partial charge in [-0.25, -0.2) is 0 Å². The van der Waals surface area contributed by atoms with Gasteiger partial charge in [0.05, 0.1) is 17.3 Å². The van der Waals surface area contributed by atoms with Crippen molar-refractivity contribution in [3.8, 4) is 0 Å². The number of fused-ring (bicyclic) bond motifs is 1. The molecule has 2 nitrogen and oxygen atoms in total. The van der Waals surface area contributed by atoms with Crippen molar-refractivity contribution in [1.29, 1.82) is 0 Å². The summed E-state index contributed by atoms with van der Waals surface area (Å²) in [6, 6.07) is 8.59. The Morgan fingerprint density at radius 3 is 2.10 bits per heavy atom. The second-order valence-corrected chi connectivity index (χ2v) is 7.70. The molecule has 20 heavy (non-hydrogen) atoms. The van der Waals surface area contributed by atoms with Gasteiger partial charge >= 0.3 is 0 Å². The first-order valence-corrected chi connectivity index (χ1v) is 7.73. The second-order valence-electron chi connectivity index (χ2n) is 7.70. The van der Waals surface area contributed by atoms with Gasteiger partial charge in [-0.2, -0.15) is 0 Å². The Kier molecular flexibility index (Phi) is 3.22. The second kappa shape index (κ2) is 4.57. The van der Waals surface area contributed by atoms with E-state index in [-0.39, 0.29) is 23.2 Å². The third-order valence-electron chi connectivity index (χ3n) is 5.12. The summed E-state index contributed by atoms with van der Waals surface area (Å²) in [5, 5.41) is 10.9. The topological polar surface area (TPSA) is 29.5 Å². The highest BCUT2D eigenvalue weighted by atomic mass is 16.5. The van der Waals surface area contributed by atoms with E-state index >= 15 is 0 Å². The van der Waals surface area contributed by atoms with Crippen LogP contribution in [-0.4, -0.2) is 22.4 Å². The molecular weight excluding hydrogens is 248 g/mol. The minimum atomic E-state index is -0.279. The number of hydrogen-bond acceptors (Lipinski definition) is 2. The standard InChI is InChI=1S/C18H26O2/c1-17(2)11-15(18(3,4)20-17)16(19)14-9-12-7-5-6-8-13(12)10-14/h5-8,14-16,19H,9-11H2,1-4H3. The van der Waals surface area contributed by atoms with Gasteiger partial charge in [0.25, 0.3) is 0 Å². The molecule has 0 radical (unpaired) electrons. The molecule has 0 bridgehead atoms. The van der Waals surface area contributed by atoms with E-state index in [0.29, 0.717) is 5.92 Å². The van der Waals surface area contributed by atoms with E-state index in [4.69, 9.17) is 4.74 Å². The zero-order valence-electron chi connectivity index (χ0n) is 13.0. The lowest BCUT2D eigenvalue weighted by Gasteiger charge is -2.33. The summed E-state index contributed by atoms with van der Waals surface area (Å²) in [4.78, 5) is 0. The summed E-state index contributed by atoms with van der Waals surface area (Å²) in [7, 11) is 0. The average molecular weight is 274 g/mol. The van der Waals surface area contributed by atoms with Crippen LogP contribution in [-0.2, 0) is 17.6 Å². The van der Waals surface area contributed by atoms with Gasteiger partial charge in [0.2, 0.25) is 0 Å². The van der Waals surface area contributed by atoms with E-state index in [1.165, 1.54) is 11.1 Å². The monoisotopic (exact) mass is 274 g/mol. The lowest BCUT2D eigenvalue weighted by Crippen LogP contribution is -2.40. The van der Waals surface area contributed by atoms with Crippen LogP contribution in [0.25, 0.3) is 0 Å². The highest BCUT2D eigenvalue weighted by Crippen LogP contribution is 2.46. The molecule has 110 valence electrons. The van der Waals surface area contributed by atoms with Crippen molar-refractivity contribution in [1.82, 2.24) is 0 Å². The molecule has 2 heteroatoms. The van der Waals surface area contributed by atoms with Crippen molar-refractivity contribution in [2.75, 3.05) is 0 Å². The number of rotatable bonds is 2. The smallest absolute Gasteiger partial charge is 0.0687 e. The summed E-state index contributed by atoms with van der Waals surface area (Å²) in [6.07, 6.45) is 2.67. The Morgan fingerprint density at radius 2 is 1.65 bits per heavy atom. The fraction of sp³-hybridized carbons (Fsp3) is 0.667. The molecule has 2 aliphatic rings. The quantitative estimate of drug-likeness (QED) is 0.896. The summed E-state index contributed by atoms with van der Waals surface area (Å²) in [6.45, 7) is 8.51. The Morgan fingerprint density at radius 1 is 1.10 bits per heavy atom. The maximum absolute atomic E-state index is 10.9. The lowest BCUT2D eigenvalue weighted by molar-refractivity contribution is -0.0931. The number of ether oxygens (including phenoxy) is 1. The van der Waals surface area contributed by atoms with Crippen LogP contribution in [0.2, 0.25) is 0 Å². The molecule has 1 aliphatic heterocycles. The zero-order valence-corrected chi connectivity index (χ0v) is 13.0. The number of hydrogen-bond donors (Lipinski definition) is 1. The normalized spacial score (nSPS) is 29.4. The van der Waals surface area contributed by atoms with Crippen molar-refractivity contribution in [2.24, 2.45) is 11.8 Å². The molecule has 0 spiro atoms.